The van der Waals surface area contributed by atoms with Gasteiger partial charge in [-0.15, -0.1) is 0 Å². The third-order valence-corrected chi connectivity index (χ3v) is 2.89. The van der Waals surface area contributed by atoms with Gasteiger partial charge >= 0.3 is 0 Å². The first-order chi connectivity index (χ1) is 7.86. The Morgan fingerprint density at radius 1 is 1.56 bits per heavy atom. The SMILES string of the molecule is CCCCCN=C1Cc2cn[nH]c2/C1=C/N. The Balaban J connectivity index is 2.06. The van der Waals surface area contributed by atoms with Gasteiger partial charge in [0.2, 0.25) is 0 Å². The molecule has 1 heterocycles. The van der Waals surface area contributed by atoms with Crippen LogP contribution in [0.2, 0.25) is 0 Å². The van der Waals surface area contributed by atoms with E-state index in [0.29, 0.717) is 0 Å². The molecule has 0 aromatic carbocycles. The van der Waals surface area contributed by atoms with Crippen molar-refractivity contribution >= 4 is 11.3 Å². The summed E-state index contributed by atoms with van der Waals surface area (Å²) >= 11 is 0. The molecule has 4 heteroatoms. The van der Waals surface area contributed by atoms with E-state index in [4.69, 9.17) is 5.73 Å². The third kappa shape index (κ3) is 2.01. The Morgan fingerprint density at radius 2 is 2.44 bits per heavy atom. The minimum absolute atomic E-state index is 0.862. The molecule has 86 valence electrons. The maximum absolute atomic E-state index is 5.64. The third-order valence-electron chi connectivity index (χ3n) is 2.89. The molecule has 1 aliphatic carbocycles. The average Bonchev–Trinajstić information content (AvgIpc) is 2.84. The lowest BCUT2D eigenvalue weighted by Gasteiger charge is -2.00. The van der Waals surface area contributed by atoms with Crippen molar-refractivity contribution in [2.75, 3.05) is 6.54 Å². The first-order valence-electron chi connectivity index (χ1n) is 5.85. The number of nitrogens with one attached hydrogen (secondary N) is 1. The lowest BCUT2D eigenvalue weighted by molar-refractivity contribution is 0.728. The number of aromatic amines is 1. The van der Waals surface area contributed by atoms with Gasteiger partial charge in [-0.05, 0) is 6.42 Å². The second-order valence-electron chi connectivity index (χ2n) is 4.06. The molecule has 0 saturated carbocycles. The zero-order valence-corrected chi connectivity index (χ0v) is 9.66. The Bertz CT molecular complexity index is 414. The van der Waals surface area contributed by atoms with Crippen LogP contribution in [0.4, 0.5) is 0 Å². The van der Waals surface area contributed by atoms with Gasteiger partial charge in [-0.2, -0.15) is 5.10 Å². The number of nitrogens with two attached hydrogens (primary N) is 1. The van der Waals surface area contributed by atoms with E-state index in [9.17, 15) is 0 Å². The number of allylic oxidation sites excluding steroid dienone is 1. The van der Waals surface area contributed by atoms with Crippen LogP contribution in [0.5, 0.6) is 0 Å². The number of rotatable bonds is 4. The van der Waals surface area contributed by atoms with E-state index in [1.54, 1.807) is 6.20 Å². The number of unbranched alkanes of at least 4 members (excludes halogenated alkanes) is 2. The highest BCUT2D eigenvalue weighted by Gasteiger charge is 2.23. The molecule has 0 unspecified atom stereocenters. The summed E-state index contributed by atoms with van der Waals surface area (Å²) in [6.07, 6.45) is 7.97. The van der Waals surface area contributed by atoms with Crippen LogP contribution in [0.25, 0.3) is 5.57 Å². The summed E-state index contributed by atoms with van der Waals surface area (Å²) < 4.78 is 0. The quantitative estimate of drug-likeness (QED) is 0.758. The van der Waals surface area contributed by atoms with E-state index in [1.807, 2.05) is 6.20 Å². The fourth-order valence-electron chi connectivity index (χ4n) is 1.99. The van der Waals surface area contributed by atoms with E-state index < -0.39 is 0 Å². The molecule has 4 nitrogen and oxygen atoms in total. The molecule has 1 aromatic rings. The zero-order valence-electron chi connectivity index (χ0n) is 9.66. The van der Waals surface area contributed by atoms with Crippen molar-refractivity contribution in [3.05, 3.63) is 23.7 Å². The van der Waals surface area contributed by atoms with E-state index in [1.165, 1.54) is 18.4 Å². The topological polar surface area (TPSA) is 67.1 Å². The van der Waals surface area contributed by atoms with Crippen LogP contribution in [0, 0.1) is 0 Å². The number of aliphatic imine (C=N–C) groups is 1. The predicted octanol–water partition coefficient (Wildman–Crippen LogP) is 1.90. The molecule has 0 atom stereocenters. The standard InChI is InChI=1S/C12H18N4/c1-2-3-4-5-14-11-6-9-8-15-16-12(9)10(11)7-13/h7-8H,2-6,13H2,1H3,(H,15,16)/b10-7+,14-11?. The number of aromatic nitrogens is 2. The molecule has 0 saturated heterocycles. The average molecular weight is 218 g/mol. The number of fused-ring (bicyclic) bond motifs is 1. The van der Waals surface area contributed by atoms with Crippen LogP contribution < -0.4 is 5.73 Å². The van der Waals surface area contributed by atoms with Gasteiger partial charge in [0, 0.05) is 30.3 Å². The summed E-state index contributed by atoms with van der Waals surface area (Å²) in [7, 11) is 0. The van der Waals surface area contributed by atoms with Crippen LogP contribution in [0.1, 0.15) is 37.4 Å². The predicted molar refractivity (Wildman–Crippen MR) is 66.3 cm³/mol. The molecule has 0 fully saturated rings. The van der Waals surface area contributed by atoms with Crippen LogP contribution >= 0.6 is 0 Å². The Kier molecular flexibility index (Phi) is 3.39. The smallest absolute Gasteiger partial charge is 0.0718 e. The molecule has 1 aliphatic rings. The fourth-order valence-corrected chi connectivity index (χ4v) is 1.99. The van der Waals surface area contributed by atoms with Crippen molar-refractivity contribution in [2.45, 2.75) is 32.6 Å². The minimum Gasteiger partial charge on any atom is -0.404 e. The lowest BCUT2D eigenvalue weighted by atomic mass is 10.2. The molecular formula is C12H18N4. The van der Waals surface area contributed by atoms with Crippen LogP contribution in [0.3, 0.4) is 0 Å². The Hall–Kier alpha value is -1.58. The molecule has 0 radical (unpaired) electrons. The van der Waals surface area contributed by atoms with Gasteiger partial charge in [0.1, 0.15) is 0 Å². The molecule has 0 amide bonds. The second-order valence-corrected chi connectivity index (χ2v) is 4.06. The Morgan fingerprint density at radius 3 is 3.19 bits per heavy atom. The van der Waals surface area contributed by atoms with Gasteiger partial charge in [-0.1, -0.05) is 19.8 Å². The first kappa shape index (κ1) is 10.9. The highest BCUT2D eigenvalue weighted by Crippen LogP contribution is 2.27. The number of hydrogen-bond acceptors (Lipinski definition) is 3. The van der Waals surface area contributed by atoms with Crippen LogP contribution in [-0.2, 0) is 6.42 Å². The largest absolute Gasteiger partial charge is 0.404 e. The van der Waals surface area contributed by atoms with Gasteiger partial charge in [0.25, 0.3) is 0 Å². The second kappa shape index (κ2) is 4.96. The van der Waals surface area contributed by atoms with Crippen LogP contribution in [-0.4, -0.2) is 22.5 Å². The van der Waals surface area contributed by atoms with Gasteiger partial charge in [0.15, 0.2) is 0 Å². The number of hydrogen-bond donors (Lipinski definition) is 2. The van der Waals surface area contributed by atoms with E-state index in [0.717, 1.165) is 36.4 Å². The molecule has 0 bridgehead atoms. The highest BCUT2D eigenvalue weighted by molar-refractivity contribution is 6.27. The summed E-state index contributed by atoms with van der Waals surface area (Å²) in [5.41, 5.74) is 9.99. The molecule has 0 spiro atoms. The lowest BCUT2D eigenvalue weighted by Crippen LogP contribution is -2.01. The summed E-state index contributed by atoms with van der Waals surface area (Å²) in [5, 5.41) is 6.98. The summed E-state index contributed by atoms with van der Waals surface area (Å²) in [6, 6.07) is 0. The van der Waals surface area contributed by atoms with E-state index >= 15 is 0 Å². The van der Waals surface area contributed by atoms with Crippen molar-refractivity contribution in [3.8, 4) is 0 Å². The fraction of sp³-hybridized carbons (Fsp3) is 0.500. The highest BCUT2D eigenvalue weighted by atomic mass is 15.1. The first-order valence-corrected chi connectivity index (χ1v) is 5.85. The molecule has 16 heavy (non-hydrogen) atoms. The van der Waals surface area contributed by atoms with E-state index in [-0.39, 0.29) is 0 Å². The summed E-state index contributed by atoms with van der Waals surface area (Å²) in [4.78, 5) is 4.62. The monoisotopic (exact) mass is 218 g/mol. The maximum Gasteiger partial charge on any atom is 0.0718 e. The van der Waals surface area contributed by atoms with Gasteiger partial charge in [-0.3, -0.25) is 10.1 Å². The normalized spacial score (nSPS) is 19.6. The van der Waals surface area contributed by atoms with Gasteiger partial charge < -0.3 is 5.73 Å². The van der Waals surface area contributed by atoms with Crippen LogP contribution in [0.15, 0.2) is 17.4 Å². The Labute approximate surface area is 95.7 Å². The maximum atomic E-state index is 5.64. The minimum atomic E-state index is 0.862. The zero-order chi connectivity index (χ0) is 11.4. The molecular weight excluding hydrogens is 200 g/mol. The van der Waals surface area contributed by atoms with Crippen molar-refractivity contribution in [1.82, 2.24) is 10.2 Å². The number of H-pyrrole nitrogens is 1. The summed E-state index contributed by atoms with van der Waals surface area (Å²) in [6.45, 7) is 3.10. The van der Waals surface area contributed by atoms with Crippen molar-refractivity contribution in [3.63, 3.8) is 0 Å². The molecule has 1 aromatic heterocycles. The number of nitrogens with zero attached hydrogens (tertiary/aromatic N) is 2. The molecule has 3 N–H and O–H groups in total. The van der Waals surface area contributed by atoms with Gasteiger partial charge in [0.05, 0.1) is 17.6 Å². The molecule has 2 rings (SSSR count). The van der Waals surface area contributed by atoms with Gasteiger partial charge in [-0.25, -0.2) is 0 Å². The van der Waals surface area contributed by atoms with E-state index in [2.05, 4.69) is 22.1 Å². The van der Waals surface area contributed by atoms with Crippen molar-refractivity contribution in [2.24, 2.45) is 10.7 Å². The van der Waals surface area contributed by atoms with Crippen molar-refractivity contribution in [1.29, 1.82) is 0 Å². The summed E-state index contributed by atoms with van der Waals surface area (Å²) in [5.74, 6) is 0. The van der Waals surface area contributed by atoms with Crippen molar-refractivity contribution < 1.29 is 0 Å². The molecule has 0 aliphatic heterocycles.